The summed E-state index contributed by atoms with van der Waals surface area (Å²) in [5.74, 6) is -0.0596. The number of amides is 1. The lowest BCUT2D eigenvalue weighted by Gasteiger charge is -2.28. The van der Waals surface area contributed by atoms with Crippen LogP contribution in [0.4, 0.5) is 0 Å². The van der Waals surface area contributed by atoms with Crippen LogP contribution in [-0.4, -0.2) is 44.4 Å². The molecule has 0 saturated carbocycles. The molecule has 1 amide bonds. The van der Waals surface area contributed by atoms with Crippen molar-refractivity contribution in [2.24, 2.45) is 0 Å². The van der Waals surface area contributed by atoms with Crippen LogP contribution in [0.25, 0.3) is 0 Å². The maximum absolute atomic E-state index is 12.3. The molecule has 1 saturated heterocycles. The van der Waals surface area contributed by atoms with Crippen LogP contribution < -0.4 is 10.6 Å². The molecule has 2 N–H and O–H groups in total. The molecule has 1 aromatic carbocycles. The highest BCUT2D eigenvalue weighted by Gasteiger charge is 2.22. The molecular weight excluding hydrogens is 304 g/mol. The van der Waals surface area contributed by atoms with Crippen LogP contribution in [0.5, 0.6) is 0 Å². The molecule has 24 heavy (non-hydrogen) atoms. The van der Waals surface area contributed by atoms with Crippen molar-refractivity contribution in [3.8, 4) is 0 Å². The lowest BCUT2D eigenvalue weighted by atomic mass is 9.94. The van der Waals surface area contributed by atoms with E-state index in [0.29, 0.717) is 13.2 Å². The zero-order valence-corrected chi connectivity index (χ0v) is 14.4. The SMILES string of the molecule is CC(OCC1CCCCO1)C(=O)NCC1NCCc2ccccc21. The van der Waals surface area contributed by atoms with Gasteiger partial charge in [-0.3, -0.25) is 4.79 Å². The number of carbonyl (C=O) groups excluding carboxylic acids is 1. The van der Waals surface area contributed by atoms with Crippen LogP contribution in [0.15, 0.2) is 24.3 Å². The molecule has 0 spiro atoms. The summed E-state index contributed by atoms with van der Waals surface area (Å²) in [7, 11) is 0. The number of carbonyl (C=O) groups is 1. The summed E-state index contributed by atoms with van der Waals surface area (Å²) >= 11 is 0. The van der Waals surface area contributed by atoms with E-state index in [4.69, 9.17) is 9.47 Å². The highest BCUT2D eigenvalue weighted by atomic mass is 16.5. The fourth-order valence-electron chi connectivity index (χ4n) is 3.39. The number of fused-ring (bicyclic) bond motifs is 1. The molecule has 132 valence electrons. The average Bonchev–Trinajstić information content (AvgIpc) is 2.65. The Labute approximate surface area is 144 Å². The molecule has 0 aromatic heterocycles. The minimum atomic E-state index is -0.450. The standard InChI is InChI=1S/C19H28N2O3/c1-14(24-13-16-7-4-5-11-23-16)19(22)21-12-18-17-8-3-2-6-15(17)9-10-20-18/h2-3,6,8,14,16,18,20H,4-5,7,9-13H2,1H3,(H,21,22). The smallest absolute Gasteiger partial charge is 0.248 e. The zero-order chi connectivity index (χ0) is 16.8. The normalized spacial score (nSPS) is 24.9. The van der Waals surface area contributed by atoms with E-state index in [-0.39, 0.29) is 18.1 Å². The summed E-state index contributed by atoms with van der Waals surface area (Å²) in [6, 6.07) is 8.60. The van der Waals surface area contributed by atoms with E-state index in [9.17, 15) is 4.79 Å². The highest BCUT2D eigenvalue weighted by Crippen LogP contribution is 2.21. The third-order valence-electron chi connectivity index (χ3n) is 4.87. The second-order valence-corrected chi connectivity index (χ2v) is 6.66. The van der Waals surface area contributed by atoms with E-state index in [2.05, 4.69) is 34.9 Å². The van der Waals surface area contributed by atoms with E-state index in [1.165, 1.54) is 17.5 Å². The van der Waals surface area contributed by atoms with Crippen molar-refractivity contribution >= 4 is 5.91 Å². The molecule has 2 aliphatic heterocycles. The Morgan fingerprint density at radius 1 is 1.42 bits per heavy atom. The van der Waals surface area contributed by atoms with Crippen LogP contribution in [0.2, 0.25) is 0 Å². The summed E-state index contributed by atoms with van der Waals surface area (Å²) in [6.07, 6.45) is 4.07. The number of nitrogens with one attached hydrogen (secondary N) is 2. The molecular formula is C19H28N2O3. The number of benzene rings is 1. The Kier molecular flexibility index (Phi) is 6.24. The van der Waals surface area contributed by atoms with E-state index < -0.39 is 6.10 Å². The van der Waals surface area contributed by atoms with Crippen molar-refractivity contribution in [1.82, 2.24) is 10.6 Å². The van der Waals surface area contributed by atoms with Crippen LogP contribution in [0.1, 0.15) is 43.4 Å². The molecule has 0 aliphatic carbocycles. The van der Waals surface area contributed by atoms with E-state index in [1.807, 2.05) is 0 Å². The summed E-state index contributed by atoms with van der Waals surface area (Å²) in [6.45, 7) is 4.65. The molecule has 5 heteroatoms. The third-order valence-corrected chi connectivity index (χ3v) is 4.87. The molecule has 2 aliphatic rings. The topological polar surface area (TPSA) is 59.6 Å². The van der Waals surface area contributed by atoms with Crippen LogP contribution in [0.3, 0.4) is 0 Å². The van der Waals surface area contributed by atoms with Gasteiger partial charge in [0.25, 0.3) is 0 Å². The van der Waals surface area contributed by atoms with Gasteiger partial charge in [-0.25, -0.2) is 0 Å². The van der Waals surface area contributed by atoms with Gasteiger partial charge in [0.15, 0.2) is 0 Å². The largest absolute Gasteiger partial charge is 0.376 e. The molecule has 3 rings (SSSR count). The molecule has 0 radical (unpaired) electrons. The van der Waals surface area contributed by atoms with E-state index in [1.54, 1.807) is 6.92 Å². The lowest BCUT2D eigenvalue weighted by molar-refractivity contribution is -0.135. The summed E-state index contributed by atoms with van der Waals surface area (Å²) in [5, 5.41) is 6.49. The van der Waals surface area contributed by atoms with Crippen molar-refractivity contribution in [2.45, 2.75) is 50.9 Å². The predicted octanol–water partition coefficient (Wildman–Crippen LogP) is 1.96. The zero-order valence-electron chi connectivity index (χ0n) is 14.4. The van der Waals surface area contributed by atoms with Gasteiger partial charge in [-0.05, 0) is 50.3 Å². The first-order chi connectivity index (χ1) is 11.7. The minimum Gasteiger partial charge on any atom is -0.376 e. The second kappa shape index (κ2) is 8.60. The molecule has 2 heterocycles. The third kappa shape index (κ3) is 4.56. The molecule has 1 aromatic rings. The molecule has 1 fully saturated rings. The minimum absolute atomic E-state index is 0.0596. The Bertz CT molecular complexity index is 543. The first-order valence-electron chi connectivity index (χ1n) is 9.06. The van der Waals surface area contributed by atoms with Crippen LogP contribution >= 0.6 is 0 Å². The Morgan fingerprint density at radius 3 is 3.12 bits per heavy atom. The van der Waals surface area contributed by atoms with Gasteiger partial charge >= 0.3 is 0 Å². The molecule has 3 unspecified atom stereocenters. The quantitative estimate of drug-likeness (QED) is 0.836. The van der Waals surface area contributed by atoms with Gasteiger partial charge in [0, 0.05) is 19.2 Å². The number of ether oxygens (including phenoxy) is 2. The van der Waals surface area contributed by atoms with Gasteiger partial charge in [0.05, 0.1) is 12.7 Å². The molecule has 5 nitrogen and oxygen atoms in total. The molecule has 3 atom stereocenters. The predicted molar refractivity (Wildman–Crippen MR) is 92.9 cm³/mol. The fraction of sp³-hybridized carbons (Fsp3) is 0.632. The second-order valence-electron chi connectivity index (χ2n) is 6.66. The van der Waals surface area contributed by atoms with E-state index >= 15 is 0 Å². The van der Waals surface area contributed by atoms with Gasteiger partial charge in [-0.1, -0.05) is 24.3 Å². The summed E-state index contributed by atoms with van der Waals surface area (Å²) in [4.78, 5) is 12.3. The van der Waals surface area contributed by atoms with Gasteiger partial charge in [-0.2, -0.15) is 0 Å². The lowest BCUT2D eigenvalue weighted by Crippen LogP contribution is -2.42. The van der Waals surface area contributed by atoms with Crippen molar-refractivity contribution in [3.63, 3.8) is 0 Å². The highest BCUT2D eigenvalue weighted by molar-refractivity contribution is 5.80. The first kappa shape index (κ1) is 17.4. The number of hydrogen-bond donors (Lipinski definition) is 2. The van der Waals surface area contributed by atoms with Gasteiger partial charge in [0.1, 0.15) is 6.10 Å². The van der Waals surface area contributed by atoms with Crippen LogP contribution in [-0.2, 0) is 20.7 Å². The Morgan fingerprint density at radius 2 is 2.29 bits per heavy atom. The maximum Gasteiger partial charge on any atom is 0.248 e. The number of rotatable bonds is 6. The number of hydrogen-bond acceptors (Lipinski definition) is 4. The van der Waals surface area contributed by atoms with Crippen molar-refractivity contribution < 1.29 is 14.3 Å². The van der Waals surface area contributed by atoms with Crippen molar-refractivity contribution in [3.05, 3.63) is 35.4 Å². The van der Waals surface area contributed by atoms with E-state index in [0.717, 1.165) is 32.4 Å². The van der Waals surface area contributed by atoms with Gasteiger partial charge < -0.3 is 20.1 Å². The monoisotopic (exact) mass is 332 g/mol. The Hall–Kier alpha value is -1.43. The van der Waals surface area contributed by atoms with Crippen LogP contribution in [0, 0.1) is 0 Å². The van der Waals surface area contributed by atoms with Crippen molar-refractivity contribution in [2.75, 3.05) is 26.3 Å². The average molecular weight is 332 g/mol. The first-order valence-corrected chi connectivity index (χ1v) is 9.06. The summed E-state index contributed by atoms with van der Waals surface area (Å²) < 4.78 is 11.3. The van der Waals surface area contributed by atoms with Gasteiger partial charge in [0.2, 0.25) is 5.91 Å². The fourth-order valence-corrected chi connectivity index (χ4v) is 3.39. The summed E-state index contributed by atoms with van der Waals surface area (Å²) in [5.41, 5.74) is 2.66. The Balaban J connectivity index is 1.43. The van der Waals surface area contributed by atoms with Crippen molar-refractivity contribution in [1.29, 1.82) is 0 Å². The molecule has 0 bridgehead atoms. The maximum atomic E-state index is 12.3. The van der Waals surface area contributed by atoms with Gasteiger partial charge in [-0.15, -0.1) is 0 Å².